The van der Waals surface area contributed by atoms with Gasteiger partial charge >= 0.3 is 5.97 Å². The van der Waals surface area contributed by atoms with E-state index < -0.39 is 5.97 Å². The van der Waals surface area contributed by atoms with E-state index in [-0.39, 0.29) is 6.04 Å². The van der Waals surface area contributed by atoms with Crippen LogP contribution in [-0.4, -0.2) is 40.6 Å². The first kappa shape index (κ1) is 8.90. The van der Waals surface area contributed by atoms with E-state index in [0.29, 0.717) is 13.1 Å². The molecule has 1 aliphatic heterocycles. The molecule has 1 rings (SSSR count). The van der Waals surface area contributed by atoms with Crippen molar-refractivity contribution in [3.05, 3.63) is 12.4 Å². The highest BCUT2D eigenvalue weighted by Gasteiger charge is 2.23. The normalized spacial score (nSPS) is 18.5. The molecule has 0 aromatic carbocycles. The lowest BCUT2D eigenvalue weighted by Gasteiger charge is -2.24. The molecule has 0 aromatic heterocycles. The fraction of sp³-hybridized carbons (Fsp3) is 0.625. The van der Waals surface area contributed by atoms with Crippen LogP contribution in [-0.2, 0) is 4.79 Å². The summed E-state index contributed by atoms with van der Waals surface area (Å²) in [6.07, 6.45) is 4.33. The zero-order valence-corrected chi connectivity index (χ0v) is 7.40. The summed E-state index contributed by atoms with van der Waals surface area (Å²) in [5.74, 6) is -0.752. The molecule has 1 atom stereocenters. The van der Waals surface area contributed by atoms with E-state index in [1.165, 1.54) is 0 Å². The Hall–Kier alpha value is -1.19. The number of carbonyl (C=O) groups is 1. The summed E-state index contributed by atoms with van der Waals surface area (Å²) in [6.45, 7) is 2.55. The molecule has 0 aromatic rings. The SMILES string of the molecule is CCC(C(=O)O)N1C=CN(C)C1. The molecule has 1 aliphatic rings. The molecule has 4 nitrogen and oxygen atoms in total. The Balaban J connectivity index is 2.57. The van der Waals surface area contributed by atoms with Crippen molar-refractivity contribution in [2.75, 3.05) is 13.7 Å². The minimum atomic E-state index is -0.752. The predicted molar refractivity (Wildman–Crippen MR) is 45.3 cm³/mol. The van der Waals surface area contributed by atoms with Crippen molar-refractivity contribution in [1.82, 2.24) is 9.80 Å². The Labute approximate surface area is 72.1 Å². The lowest BCUT2D eigenvalue weighted by atomic mass is 10.2. The Morgan fingerprint density at radius 1 is 1.67 bits per heavy atom. The fourth-order valence-electron chi connectivity index (χ4n) is 1.30. The molecular formula is C8H14N2O2. The molecule has 1 N–H and O–H groups in total. The zero-order chi connectivity index (χ0) is 9.14. The fourth-order valence-corrected chi connectivity index (χ4v) is 1.30. The molecule has 0 spiro atoms. The minimum absolute atomic E-state index is 0.383. The summed E-state index contributed by atoms with van der Waals surface area (Å²) >= 11 is 0. The number of carboxylic acid groups (broad SMARTS) is 1. The maximum Gasteiger partial charge on any atom is 0.326 e. The topological polar surface area (TPSA) is 43.8 Å². The molecule has 0 aliphatic carbocycles. The third kappa shape index (κ3) is 1.69. The Bertz CT molecular complexity index is 203. The number of hydrogen-bond acceptors (Lipinski definition) is 3. The van der Waals surface area contributed by atoms with Crippen LogP contribution >= 0.6 is 0 Å². The summed E-state index contributed by atoms with van der Waals surface area (Å²) in [5, 5.41) is 8.83. The van der Waals surface area contributed by atoms with Gasteiger partial charge in [-0.3, -0.25) is 0 Å². The zero-order valence-electron chi connectivity index (χ0n) is 7.40. The first-order valence-electron chi connectivity index (χ1n) is 4.02. The van der Waals surface area contributed by atoms with E-state index in [0.717, 1.165) is 0 Å². The summed E-state index contributed by atoms with van der Waals surface area (Å²) < 4.78 is 0. The second-order valence-electron chi connectivity index (χ2n) is 2.97. The van der Waals surface area contributed by atoms with Gasteiger partial charge in [-0.2, -0.15) is 0 Å². The molecule has 0 saturated heterocycles. The molecule has 12 heavy (non-hydrogen) atoms. The van der Waals surface area contributed by atoms with Gasteiger partial charge in [0.25, 0.3) is 0 Å². The molecule has 4 heteroatoms. The third-order valence-corrected chi connectivity index (χ3v) is 1.97. The molecule has 0 radical (unpaired) electrons. The van der Waals surface area contributed by atoms with Crippen molar-refractivity contribution in [2.24, 2.45) is 0 Å². The Kier molecular flexibility index (Phi) is 2.58. The van der Waals surface area contributed by atoms with Crippen LogP contribution in [0.4, 0.5) is 0 Å². The van der Waals surface area contributed by atoms with E-state index in [4.69, 9.17) is 5.11 Å². The second kappa shape index (κ2) is 3.47. The smallest absolute Gasteiger partial charge is 0.326 e. The van der Waals surface area contributed by atoms with Crippen molar-refractivity contribution < 1.29 is 9.90 Å². The molecular weight excluding hydrogens is 156 g/mol. The summed E-state index contributed by atoms with van der Waals surface area (Å²) in [5.41, 5.74) is 0. The van der Waals surface area contributed by atoms with Crippen LogP contribution in [0.2, 0.25) is 0 Å². The van der Waals surface area contributed by atoms with Gasteiger partial charge in [-0.05, 0) is 6.42 Å². The van der Waals surface area contributed by atoms with Crippen molar-refractivity contribution in [1.29, 1.82) is 0 Å². The lowest BCUT2D eigenvalue weighted by molar-refractivity contribution is -0.142. The van der Waals surface area contributed by atoms with Gasteiger partial charge in [0.15, 0.2) is 0 Å². The summed E-state index contributed by atoms with van der Waals surface area (Å²) in [6, 6.07) is -0.383. The van der Waals surface area contributed by atoms with E-state index >= 15 is 0 Å². The first-order valence-corrected chi connectivity index (χ1v) is 4.02. The molecule has 0 amide bonds. The predicted octanol–water partition coefficient (Wildman–Crippen LogP) is 0.526. The number of rotatable bonds is 3. The van der Waals surface area contributed by atoms with E-state index in [9.17, 15) is 4.79 Å². The maximum atomic E-state index is 10.7. The highest BCUT2D eigenvalue weighted by atomic mass is 16.4. The van der Waals surface area contributed by atoms with Gasteiger partial charge in [0.05, 0.1) is 6.67 Å². The van der Waals surface area contributed by atoms with Crippen LogP contribution < -0.4 is 0 Å². The van der Waals surface area contributed by atoms with Crippen LogP contribution in [0.3, 0.4) is 0 Å². The van der Waals surface area contributed by atoms with Gasteiger partial charge in [-0.15, -0.1) is 0 Å². The third-order valence-electron chi connectivity index (χ3n) is 1.97. The average Bonchev–Trinajstić information content (AvgIpc) is 2.37. The lowest BCUT2D eigenvalue weighted by Crippen LogP contribution is -2.38. The van der Waals surface area contributed by atoms with Crippen LogP contribution in [0.1, 0.15) is 13.3 Å². The van der Waals surface area contributed by atoms with Gasteiger partial charge in [0.2, 0.25) is 0 Å². The van der Waals surface area contributed by atoms with E-state index in [1.807, 2.05) is 36.2 Å². The minimum Gasteiger partial charge on any atom is -0.480 e. The quantitative estimate of drug-likeness (QED) is 0.671. The number of hydrogen-bond donors (Lipinski definition) is 1. The standard InChI is InChI=1S/C8H14N2O2/c1-3-7(8(11)12)10-5-4-9(2)6-10/h4-5,7H,3,6H2,1-2H3,(H,11,12). The van der Waals surface area contributed by atoms with Crippen LogP contribution in [0.15, 0.2) is 12.4 Å². The van der Waals surface area contributed by atoms with Gasteiger partial charge < -0.3 is 14.9 Å². The van der Waals surface area contributed by atoms with Crippen molar-refractivity contribution >= 4 is 5.97 Å². The second-order valence-corrected chi connectivity index (χ2v) is 2.97. The molecule has 0 bridgehead atoms. The van der Waals surface area contributed by atoms with Crippen LogP contribution in [0.5, 0.6) is 0 Å². The summed E-state index contributed by atoms with van der Waals surface area (Å²) in [7, 11) is 1.92. The molecule has 1 heterocycles. The number of aliphatic carboxylic acids is 1. The van der Waals surface area contributed by atoms with E-state index in [2.05, 4.69) is 0 Å². The average molecular weight is 170 g/mol. The van der Waals surface area contributed by atoms with E-state index in [1.54, 1.807) is 0 Å². The van der Waals surface area contributed by atoms with Crippen LogP contribution in [0, 0.1) is 0 Å². The van der Waals surface area contributed by atoms with Gasteiger partial charge in [0, 0.05) is 19.4 Å². The highest BCUT2D eigenvalue weighted by Crippen LogP contribution is 2.11. The van der Waals surface area contributed by atoms with Crippen molar-refractivity contribution in [3.63, 3.8) is 0 Å². The molecule has 1 unspecified atom stereocenters. The van der Waals surface area contributed by atoms with Crippen LogP contribution in [0.25, 0.3) is 0 Å². The number of carboxylic acids is 1. The van der Waals surface area contributed by atoms with Gasteiger partial charge in [-0.25, -0.2) is 4.79 Å². The summed E-state index contributed by atoms with van der Waals surface area (Å²) in [4.78, 5) is 14.5. The van der Waals surface area contributed by atoms with Crippen molar-refractivity contribution in [2.45, 2.75) is 19.4 Å². The molecule has 68 valence electrons. The number of nitrogens with zero attached hydrogens (tertiary/aromatic N) is 2. The van der Waals surface area contributed by atoms with Gasteiger partial charge in [0.1, 0.15) is 6.04 Å². The Morgan fingerprint density at radius 3 is 2.67 bits per heavy atom. The Morgan fingerprint density at radius 2 is 2.33 bits per heavy atom. The maximum absolute atomic E-state index is 10.7. The first-order chi connectivity index (χ1) is 5.65. The van der Waals surface area contributed by atoms with Crippen molar-refractivity contribution in [3.8, 4) is 0 Å². The highest BCUT2D eigenvalue weighted by molar-refractivity contribution is 5.73. The largest absolute Gasteiger partial charge is 0.480 e. The van der Waals surface area contributed by atoms with Gasteiger partial charge in [-0.1, -0.05) is 6.92 Å². The monoisotopic (exact) mass is 170 g/mol. The molecule has 0 fully saturated rings. The molecule has 0 saturated carbocycles.